The zero-order chi connectivity index (χ0) is 20.1. The summed E-state index contributed by atoms with van der Waals surface area (Å²) < 4.78 is 10.5. The summed E-state index contributed by atoms with van der Waals surface area (Å²) >= 11 is 7.58. The molecule has 146 valence electrons. The van der Waals surface area contributed by atoms with Crippen molar-refractivity contribution < 1.29 is 14.3 Å². The Morgan fingerprint density at radius 1 is 1.14 bits per heavy atom. The van der Waals surface area contributed by atoms with Crippen molar-refractivity contribution in [2.75, 3.05) is 20.8 Å². The van der Waals surface area contributed by atoms with Gasteiger partial charge in [-0.25, -0.2) is 4.98 Å². The molecular weight excluding hydrogens is 396 g/mol. The van der Waals surface area contributed by atoms with Gasteiger partial charge in [0, 0.05) is 34.5 Å². The fourth-order valence-electron chi connectivity index (χ4n) is 2.75. The lowest BCUT2D eigenvalue weighted by molar-refractivity contribution is 0.0951. The number of carbonyl (C=O) groups is 1. The largest absolute Gasteiger partial charge is 0.497 e. The monoisotopic (exact) mass is 416 g/mol. The summed E-state index contributed by atoms with van der Waals surface area (Å²) in [7, 11) is 3.11. The summed E-state index contributed by atoms with van der Waals surface area (Å²) in [6, 6.07) is 12.8. The minimum absolute atomic E-state index is 0.181. The predicted molar refractivity (Wildman–Crippen MR) is 113 cm³/mol. The molecule has 0 aliphatic rings. The normalized spacial score (nSPS) is 10.6. The minimum atomic E-state index is -0.181. The molecular formula is C21H21ClN2O3S. The molecule has 0 atom stereocenters. The van der Waals surface area contributed by atoms with E-state index in [0.29, 0.717) is 35.1 Å². The second kappa shape index (κ2) is 9.08. The number of benzene rings is 2. The van der Waals surface area contributed by atoms with Gasteiger partial charge in [-0.1, -0.05) is 23.7 Å². The Kier molecular flexibility index (Phi) is 6.54. The van der Waals surface area contributed by atoms with Gasteiger partial charge < -0.3 is 14.8 Å². The molecule has 0 saturated heterocycles. The SMILES string of the molecule is COc1ccc(C(=O)NCCc2sc(-c3ccc(Cl)cc3)nc2C)c(OC)c1. The van der Waals surface area contributed by atoms with Gasteiger partial charge in [-0.15, -0.1) is 11.3 Å². The zero-order valence-electron chi connectivity index (χ0n) is 15.9. The van der Waals surface area contributed by atoms with Crippen molar-refractivity contribution in [1.82, 2.24) is 10.3 Å². The van der Waals surface area contributed by atoms with Gasteiger partial charge in [0.05, 0.1) is 25.5 Å². The number of nitrogens with zero attached hydrogens (tertiary/aromatic N) is 1. The summed E-state index contributed by atoms with van der Waals surface area (Å²) in [5.74, 6) is 0.943. The lowest BCUT2D eigenvalue weighted by Crippen LogP contribution is -2.26. The first-order valence-corrected chi connectivity index (χ1v) is 9.93. The molecule has 1 amide bonds. The molecule has 0 unspecified atom stereocenters. The molecule has 0 aliphatic carbocycles. The number of aromatic nitrogens is 1. The van der Waals surface area contributed by atoms with Crippen molar-refractivity contribution in [3.63, 3.8) is 0 Å². The number of nitrogens with one attached hydrogen (secondary N) is 1. The van der Waals surface area contributed by atoms with Gasteiger partial charge in [-0.2, -0.15) is 0 Å². The van der Waals surface area contributed by atoms with Crippen molar-refractivity contribution >= 4 is 28.8 Å². The summed E-state index contributed by atoms with van der Waals surface area (Å²) in [5, 5.41) is 4.60. The topological polar surface area (TPSA) is 60.5 Å². The van der Waals surface area contributed by atoms with E-state index in [-0.39, 0.29) is 5.91 Å². The molecule has 1 aromatic heterocycles. The van der Waals surface area contributed by atoms with E-state index in [0.717, 1.165) is 21.1 Å². The third-order valence-electron chi connectivity index (χ3n) is 4.27. The van der Waals surface area contributed by atoms with Crippen LogP contribution < -0.4 is 14.8 Å². The van der Waals surface area contributed by atoms with Gasteiger partial charge >= 0.3 is 0 Å². The number of hydrogen-bond acceptors (Lipinski definition) is 5. The number of ether oxygens (including phenoxy) is 2. The second-order valence-corrected chi connectivity index (χ2v) is 7.63. The molecule has 3 rings (SSSR count). The first kappa shape index (κ1) is 20.2. The molecule has 0 fully saturated rings. The molecule has 0 aliphatic heterocycles. The molecule has 2 aromatic carbocycles. The molecule has 3 aromatic rings. The van der Waals surface area contributed by atoms with Gasteiger partial charge in [0.15, 0.2) is 0 Å². The van der Waals surface area contributed by atoms with Crippen molar-refractivity contribution in [3.05, 3.63) is 63.6 Å². The van der Waals surface area contributed by atoms with E-state index in [1.165, 1.54) is 7.11 Å². The minimum Gasteiger partial charge on any atom is -0.497 e. The Labute approximate surface area is 173 Å². The van der Waals surface area contributed by atoms with Gasteiger partial charge in [0.1, 0.15) is 16.5 Å². The molecule has 0 saturated carbocycles. The molecule has 5 nitrogen and oxygen atoms in total. The van der Waals surface area contributed by atoms with Gasteiger partial charge in [0.2, 0.25) is 0 Å². The van der Waals surface area contributed by atoms with E-state index in [1.54, 1.807) is 36.6 Å². The highest BCUT2D eigenvalue weighted by Gasteiger charge is 2.14. The molecule has 0 spiro atoms. The highest BCUT2D eigenvalue weighted by molar-refractivity contribution is 7.15. The van der Waals surface area contributed by atoms with Gasteiger partial charge in [-0.05, 0) is 31.2 Å². The number of aryl methyl sites for hydroxylation is 1. The summed E-state index contributed by atoms with van der Waals surface area (Å²) in [4.78, 5) is 18.3. The van der Waals surface area contributed by atoms with Gasteiger partial charge in [0.25, 0.3) is 5.91 Å². The first-order chi connectivity index (χ1) is 13.5. The lowest BCUT2D eigenvalue weighted by atomic mass is 10.1. The summed E-state index contributed by atoms with van der Waals surface area (Å²) in [5.41, 5.74) is 2.49. The van der Waals surface area contributed by atoms with Crippen LogP contribution in [-0.4, -0.2) is 31.7 Å². The number of methoxy groups -OCH3 is 2. The highest BCUT2D eigenvalue weighted by atomic mass is 35.5. The Morgan fingerprint density at radius 3 is 2.57 bits per heavy atom. The van der Waals surface area contributed by atoms with Crippen LogP contribution >= 0.6 is 22.9 Å². The van der Waals surface area contributed by atoms with E-state index >= 15 is 0 Å². The zero-order valence-corrected chi connectivity index (χ0v) is 17.5. The van der Waals surface area contributed by atoms with Crippen LogP contribution in [0.1, 0.15) is 20.9 Å². The second-order valence-electron chi connectivity index (χ2n) is 6.11. The molecule has 1 heterocycles. The predicted octanol–water partition coefficient (Wildman–Crippen LogP) is 4.76. The van der Waals surface area contributed by atoms with E-state index < -0.39 is 0 Å². The third-order valence-corrected chi connectivity index (χ3v) is 5.79. The van der Waals surface area contributed by atoms with E-state index in [2.05, 4.69) is 10.3 Å². The van der Waals surface area contributed by atoms with Crippen LogP contribution in [0.4, 0.5) is 0 Å². The van der Waals surface area contributed by atoms with E-state index in [1.807, 2.05) is 31.2 Å². The molecule has 0 bridgehead atoms. The number of carbonyl (C=O) groups excluding carboxylic acids is 1. The maximum Gasteiger partial charge on any atom is 0.255 e. The number of thiazole rings is 1. The molecule has 28 heavy (non-hydrogen) atoms. The van der Waals surface area contributed by atoms with Crippen LogP contribution in [0.5, 0.6) is 11.5 Å². The average Bonchev–Trinajstić information content (AvgIpc) is 3.08. The highest BCUT2D eigenvalue weighted by Crippen LogP contribution is 2.29. The quantitative estimate of drug-likeness (QED) is 0.603. The van der Waals surface area contributed by atoms with Crippen LogP contribution in [0, 0.1) is 6.92 Å². The average molecular weight is 417 g/mol. The fraction of sp³-hybridized carbons (Fsp3) is 0.238. The molecule has 1 N–H and O–H groups in total. The van der Waals surface area contributed by atoms with Crippen LogP contribution in [0.15, 0.2) is 42.5 Å². The van der Waals surface area contributed by atoms with E-state index in [4.69, 9.17) is 21.1 Å². The smallest absolute Gasteiger partial charge is 0.255 e. The molecule has 7 heteroatoms. The Morgan fingerprint density at radius 2 is 1.89 bits per heavy atom. The maximum atomic E-state index is 12.5. The van der Waals surface area contributed by atoms with Crippen LogP contribution in [0.25, 0.3) is 10.6 Å². The van der Waals surface area contributed by atoms with Crippen molar-refractivity contribution in [2.45, 2.75) is 13.3 Å². The fourth-order valence-corrected chi connectivity index (χ4v) is 3.94. The number of hydrogen-bond donors (Lipinski definition) is 1. The summed E-state index contributed by atoms with van der Waals surface area (Å²) in [6.45, 7) is 2.50. The lowest BCUT2D eigenvalue weighted by Gasteiger charge is -2.10. The van der Waals surface area contributed by atoms with Crippen LogP contribution in [0.2, 0.25) is 5.02 Å². The number of amides is 1. The Hall–Kier alpha value is -2.57. The van der Waals surface area contributed by atoms with Crippen molar-refractivity contribution in [2.24, 2.45) is 0 Å². The standard InChI is InChI=1S/C21H21ClN2O3S/c1-13-19(28-21(24-13)14-4-6-15(22)7-5-14)10-11-23-20(25)17-9-8-16(26-2)12-18(17)27-3/h4-9,12H,10-11H2,1-3H3,(H,23,25). The molecule has 0 radical (unpaired) electrons. The first-order valence-electron chi connectivity index (χ1n) is 8.74. The maximum absolute atomic E-state index is 12.5. The van der Waals surface area contributed by atoms with E-state index in [9.17, 15) is 4.79 Å². The van der Waals surface area contributed by atoms with Crippen LogP contribution in [-0.2, 0) is 6.42 Å². The van der Waals surface area contributed by atoms with Crippen LogP contribution in [0.3, 0.4) is 0 Å². The van der Waals surface area contributed by atoms with Gasteiger partial charge in [-0.3, -0.25) is 4.79 Å². The Balaban J connectivity index is 1.64. The number of halogens is 1. The van der Waals surface area contributed by atoms with Crippen molar-refractivity contribution in [1.29, 1.82) is 0 Å². The van der Waals surface area contributed by atoms with Crippen molar-refractivity contribution in [3.8, 4) is 22.1 Å². The summed E-state index contributed by atoms with van der Waals surface area (Å²) in [6.07, 6.45) is 0.710. The Bertz CT molecular complexity index is 970. The number of rotatable bonds is 7. The third kappa shape index (κ3) is 4.64.